The highest BCUT2D eigenvalue weighted by Gasteiger charge is 2.28. The second-order valence-electron chi connectivity index (χ2n) is 9.64. The van der Waals surface area contributed by atoms with E-state index in [1.807, 2.05) is 34.7 Å². The maximum absolute atomic E-state index is 12.6. The van der Waals surface area contributed by atoms with Crippen LogP contribution in [0.1, 0.15) is 74.1 Å². The summed E-state index contributed by atoms with van der Waals surface area (Å²) in [6, 6.07) is 0. The first kappa shape index (κ1) is 29.2. The van der Waals surface area contributed by atoms with Crippen molar-refractivity contribution >= 4 is 21.1 Å². The van der Waals surface area contributed by atoms with Gasteiger partial charge in [0.2, 0.25) is 11.8 Å². The first-order valence-corrected chi connectivity index (χ1v) is 11.5. The largest absolute Gasteiger partial charge is 0.378 e. The highest BCUT2D eigenvalue weighted by Crippen LogP contribution is 2.25. The average Bonchev–Trinajstić information content (AvgIpc) is 2.60. The summed E-state index contributed by atoms with van der Waals surface area (Å²) in [6.07, 6.45) is 3.06. The summed E-state index contributed by atoms with van der Waals surface area (Å²) in [4.78, 5) is 23.5. The summed E-state index contributed by atoms with van der Waals surface area (Å²) in [6.45, 7) is 16.0. The summed E-state index contributed by atoms with van der Waals surface area (Å²) in [5.41, 5.74) is -0.463. The molecule has 0 aromatic carbocycles. The quantitative estimate of drug-likeness (QED) is 0.317. The predicted molar refractivity (Wildman–Crippen MR) is 127 cm³/mol. The molecule has 3 N–H and O–H groups in total. The van der Waals surface area contributed by atoms with E-state index in [0.717, 1.165) is 19.3 Å². The van der Waals surface area contributed by atoms with Crippen LogP contribution in [0.3, 0.4) is 0 Å². The minimum atomic E-state index is -0.508. The maximum atomic E-state index is 12.6. The molecular weight excluding hydrogens is 401 g/mol. The van der Waals surface area contributed by atoms with Crippen LogP contribution in [0.5, 0.6) is 0 Å². The van der Waals surface area contributed by atoms with Gasteiger partial charge in [0.25, 0.3) is 0 Å². The molecule has 0 saturated carbocycles. The molecule has 0 rings (SSSR count). The van der Waals surface area contributed by atoms with E-state index in [0.29, 0.717) is 32.7 Å². The smallest absolute Gasteiger partial charge is 0.225 e. The number of rotatable bonds is 16. The fourth-order valence-electron chi connectivity index (χ4n) is 2.56. The van der Waals surface area contributed by atoms with Gasteiger partial charge >= 0.3 is 0 Å². The van der Waals surface area contributed by atoms with Gasteiger partial charge in [-0.25, -0.2) is 0 Å². The summed E-state index contributed by atoms with van der Waals surface area (Å²) in [5, 5.41) is 8.70. The molecule has 178 valence electrons. The van der Waals surface area contributed by atoms with Crippen molar-refractivity contribution in [2.45, 2.75) is 91.1 Å². The van der Waals surface area contributed by atoms with Crippen LogP contribution in [-0.4, -0.2) is 62.2 Å². The molecule has 3 atom stereocenters. The lowest BCUT2D eigenvalue weighted by molar-refractivity contribution is -0.130. The molecule has 0 radical (unpaired) electrons. The van der Waals surface area contributed by atoms with E-state index in [2.05, 4.69) is 39.0 Å². The van der Waals surface area contributed by atoms with Crippen molar-refractivity contribution in [2.75, 3.05) is 33.4 Å². The molecule has 3 unspecified atom stereocenters. The molecule has 0 aliphatic heterocycles. The van der Waals surface area contributed by atoms with E-state index in [9.17, 15) is 9.59 Å². The molecule has 0 bridgehead atoms. The number of nitrogens with one attached hydrogen (secondary N) is 3. The van der Waals surface area contributed by atoms with Gasteiger partial charge in [-0.05, 0) is 60.4 Å². The second-order valence-corrected chi connectivity index (χ2v) is 10.9. The Morgan fingerprint density at radius 2 is 1.60 bits per heavy atom. The van der Waals surface area contributed by atoms with E-state index in [-0.39, 0.29) is 28.8 Å². The van der Waals surface area contributed by atoms with Gasteiger partial charge < -0.3 is 25.4 Å². The van der Waals surface area contributed by atoms with Gasteiger partial charge in [0.1, 0.15) is 0 Å². The molecule has 30 heavy (non-hydrogen) atoms. The van der Waals surface area contributed by atoms with Crippen molar-refractivity contribution in [2.24, 2.45) is 5.41 Å². The summed E-state index contributed by atoms with van der Waals surface area (Å²) >= 11 is 0. The molecule has 7 nitrogen and oxygen atoms in total. The Labute approximate surface area is 186 Å². The minimum absolute atomic E-state index is 0.0223. The Hall–Kier alpha value is -0.750. The summed E-state index contributed by atoms with van der Waals surface area (Å²) in [7, 11) is 4.71. The third kappa shape index (κ3) is 14.3. The third-order valence-electron chi connectivity index (χ3n) is 5.41. The number of ether oxygens (including phenoxy) is 2. The van der Waals surface area contributed by atoms with Crippen molar-refractivity contribution in [3.05, 3.63) is 0 Å². The van der Waals surface area contributed by atoms with Gasteiger partial charge in [-0.3, -0.25) is 9.59 Å². The molecule has 0 heterocycles. The molecule has 2 amide bonds. The molecule has 0 fully saturated rings. The monoisotopic (exact) mass is 447 g/mol. The van der Waals surface area contributed by atoms with Gasteiger partial charge in [0, 0.05) is 44.2 Å². The Kier molecular flexibility index (Phi) is 13.3. The fourth-order valence-corrected chi connectivity index (χ4v) is 2.83. The second kappa shape index (κ2) is 13.6. The van der Waals surface area contributed by atoms with E-state index in [1.54, 1.807) is 0 Å². The standard InChI is InChI=1S/C22H46N3O4P/c1-17(9-13-24-18(2)26)28-15-11-20(3,4)19(27)25-14-10-22(7,30)29-16-12-21(5,6)23-8/h17,23H,9-16,30H2,1-8H3,(H,24,26)(H,25,27). The topological polar surface area (TPSA) is 88.7 Å². The van der Waals surface area contributed by atoms with Crippen LogP contribution >= 0.6 is 9.24 Å². The fraction of sp³-hybridized carbons (Fsp3) is 0.909. The van der Waals surface area contributed by atoms with Gasteiger partial charge in [-0.1, -0.05) is 13.8 Å². The SMILES string of the molecule is CNC(C)(C)CCOC(C)(P)CCNC(=O)C(C)(C)CCOC(C)CCNC(C)=O. The zero-order chi connectivity index (χ0) is 23.4. The van der Waals surface area contributed by atoms with E-state index in [4.69, 9.17) is 9.47 Å². The number of hydrogen-bond donors (Lipinski definition) is 3. The van der Waals surface area contributed by atoms with E-state index in [1.165, 1.54) is 6.92 Å². The Balaban J connectivity index is 4.15. The first-order chi connectivity index (χ1) is 13.7. The van der Waals surface area contributed by atoms with Crippen molar-refractivity contribution < 1.29 is 19.1 Å². The Morgan fingerprint density at radius 1 is 0.967 bits per heavy atom. The number of carbonyl (C=O) groups is 2. The van der Waals surface area contributed by atoms with Gasteiger partial charge in [0.05, 0.1) is 11.4 Å². The lowest BCUT2D eigenvalue weighted by atomic mass is 9.88. The summed E-state index contributed by atoms with van der Waals surface area (Å²) in [5.74, 6) is -0.0112. The van der Waals surface area contributed by atoms with Crippen LogP contribution in [0, 0.1) is 5.41 Å². The Morgan fingerprint density at radius 3 is 2.17 bits per heavy atom. The zero-order valence-corrected chi connectivity index (χ0v) is 21.6. The highest BCUT2D eigenvalue weighted by molar-refractivity contribution is 7.18. The maximum Gasteiger partial charge on any atom is 0.225 e. The molecule has 0 aliphatic rings. The van der Waals surface area contributed by atoms with Crippen molar-refractivity contribution in [1.29, 1.82) is 0 Å². The van der Waals surface area contributed by atoms with Crippen LogP contribution in [0.15, 0.2) is 0 Å². The molecule has 0 spiro atoms. The minimum Gasteiger partial charge on any atom is -0.378 e. The van der Waals surface area contributed by atoms with E-state index < -0.39 is 5.41 Å². The van der Waals surface area contributed by atoms with Crippen molar-refractivity contribution in [3.63, 3.8) is 0 Å². The van der Waals surface area contributed by atoms with Crippen LogP contribution in [0.4, 0.5) is 0 Å². The highest BCUT2D eigenvalue weighted by atomic mass is 31.0. The number of amides is 2. The number of hydrogen-bond acceptors (Lipinski definition) is 5. The molecular formula is C22H46N3O4P. The van der Waals surface area contributed by atoms with Crippen LogP contribution < -0.4 is 16.0 Å². The lowest BCUT2D eigenvalue weighted by Crippen LogP contribution is -2.41. The van der Waals surface area contributed by atoms with Crippen LogP contribution in [0.2, 0.25) is 0 Å². The zero-order valence-electron chi connectivity index (χ0n) is 20.4. The normalized spacial score (nSPS) is 15.4. The lowest BCUT2D eigenvalue weighted by Gasteiger charge is -2.30. The molecule has 0 aromatic rings. The number of carbonyl (C=O) groups excluding carboxylic acids is 2. The van der Waals surface area contributed by atoms with E-state index >= 15 is 0 Å². The first-order valence-electron chi connectivity index (χ1n) is 11.0. The molecule has 0 aliphatic carbocycles. The average molecular weight is 448 g/mol. The summed E-state index contributed by atoms with van der Waals surface area (Å²) < 4.78 is 11.8. The molecule has 8 heteroatoms. The van der Waals surface area contributed by atoms with Crippen molar-refractivity contribution in [1.82, 2.24) is 16.0 Å². The van der Waals surface area contributed by atoms with Gasteiger partial charge in [-0.2, -0.15) is 0 Å². The van der Waals surface area contributed by atoms with Gasteiger partial charge in [-0.15, -0.1) is 9.24 Å². The molecule has 0 saturated heterocycles. The van der Waals surface area contributed by atoms with Crippen molar-refractivity contribution in [3.8, 4) is 0 Å². The third-order valence-corrected chi connectivity index (χ3v) is 5.87. The molecule has 0 aromatic heterocycles. The Bertz CT molecular complexity index is 525. The van der Waals surface area contributed by atoms with Crippen LogP contribution in [-0.2, 0) is 19.1 Å². The van der Waals surface area contributed by atoms with Gasteiger partial charge in [0.15, 0.2) is 0 Å². The van der Waals surface area contributed by atoms with Crippen LogP contribution in [0.25, 0.3) is 0 Å². The predicted octanol–water partition coefficient (Wildman–Crippen LogP) is 2.84.